The number of likely N-dealkylation sites (N-methyl/N-ethyl adjacent to an activating group) is 1. The van der Waals surface area contributed by atoms with E-state index in [4.69, 9.17) is 9.47 Å². The molecule has 5 heteroatoms. The normalized spacial score (nSPS) is 11.4. The van der Waals surface area contributed by atoms with Gasteiger partial charge in [-0.15, -0.1) is 12.4 Å². The third-order valence-corrected chi connectivity index (χ3v) is 4.22. The van der Waals surface area contributed by atoms with Crippen LogP contribution in [0.3, 0.4) is 0 Å². The number of aliphatic hydroxyl groups is 1. The highest BCUT2D eigenvalue weighted by molar-refractivity contribution is 5.85. The van der Waals surface area contributed by atoms with Crippen LogP contribution in [0.5, 0.6) is 11.5 Å². The van der Waals surface area contributed by atoms with Gasteiger partial charge in [0.2, 0.25) is 0 Å². The quantitative estimate of drug-likeness (QED) is 0.555. The molecule has 0 bridgehead atoms. The van der Waals surface area contributed by atoms with Gasteiger partial charge in [0.05, 0.1) is 6.10 Å². The predicted molar refractivity (Wildman–Crippen MR) is 114 cm³/mol. The molecule has 0 aliphatic rings. The van der Waals surface area contributed by atoms with Crippen molar-refractivity contribution < 1.29 is 14.6 Å². The lowest BCUT2D eigenvalue weighted by molar-refractivity contribution is 0.176. The van der Waals surface area contributed by atoms with E-state index in [0.717, 1.165) is 16.7 Å². The molecule has 1 atom stereocenters. The van der Waals surface area contributed by atoms with Gasteiger partial charge in [-0.05, 0) is 35.9 Å². The fraction of sp³-hybridized carbons (Fsp3) is 0.217. The minimum absolute atomic E-state index is 0. The van der Waals surface area contributed by atoms with E-state index < -0.39 is 6.10 Å². The molecule has 28 heavy (non-hydrogen) atoms. The summed E-state index contributed by atoms with van der Waals surface area (Å²) < 4.78 is 12.0. The second-order valence-electron chi connectivity index (χ2n) is 6.33. The molecule has 0 aliphatic carbocycles. The van der Waals surface area contributed by atoms with Gasteiger partial charge in [0.1, 0.15) is 13.2 Å². The van der Waals surface area contributed by atoms with Crippen LogP contribution in [0.4, 0.5) is 0 Å². The van der Waals surface area contributed by atoms with Crippen molar-refractivity contribution in [3.63, 3.8) is 0 Å². The van der Waals surface area contributed by atoms with Crippen LogP contribution < -0.4 is 14.8 Å². The molecule has 3 aromatic rings. The second kappa shape index (κ2) is 11.3. The zero-order valence-electron chi connectivity index (χ0n) is 15.9. The average Bonchev–Trinajstić information content (AvgIpc) is 2.72. The summed E-state index contributed by atoms with van der Waals surface area (Å²) >= 11 is 0. The number of benzene rings is 3. The topological polar surface area (TPSA) is 50.7 Å². The molecule has 0 fully saturated rings. The van der Waals surface area contributed by atoms with Crippen molar-refractivity contribution in [1.82, 2.24) is 5.32 Å². The SMILES string of the molecule is CNC[C@H](O)c1ccc(OCc2ccccc2)c(OCc2ccccc2)c1.Cl. The number of rotatable bonds is 9. The van der Waals surface area contributed by atoms with Crippen LogP contribution >= 0.6 is 12.4 Å². The van der Waals surface area contributed by atoms with E-state index in [-0.39, 0.29) is 12.4 Å². The first-order valence-electron chi connectivity index (χ1n) is 9.06. The van der Waals surface area contributed by atoms with Crippen LogP contribution in [0.25, 0.3) is 0 Å². The molecule has 0 spiro atoms. The maximum absolute atomic E-state index is 10.3. The van der Waals surface area contributed by atoms with E-state index in [0.29, 0.717) is 31.3 Å². The van der Waals surface area contributed by atoms with Crippen molar-refractivity contribution in [1.29, 1.82) is 0 Å². The monoisotopic (exact) mass is 399 g/mol. The first-order valence-corrected chi connectivity index (χ1v) is 9.06. The molecular weight excluding hydrogens is 374 g/mol. The van der Waals surface area contributed by atoms with Crippen molar-refractivity contribution in [3.8, 4) is 11.5 Å². The van der Waals surface area contributed by atoms with Gasteiger partial charge in [-0.2, -0.15) is 0 Å². The van der Waals surface area contributed by atoms with Gasteiger partial charge < -0.3 is 19.9 Å². The van der Waals surface area contributed by atoms with E-state index in [1.54, 1.807) is 0 Å². The van der Waals surface area contributed by atoms with Crippen LogP contribution in [0.15, 0.2) is 78.9 Å². The Morgan fingerprint density at radius 3 is 1.86 bits per heavy atom. The van der Waals surface area contributed by atoms with Crippen molar-refractivity contribution in [3.05, 3.63) is 95.6 Å². The molecule has 0 aliphatic heterocycles. The molecule has 0 saturated heterocycles. The lowest BCUT2D eigenvalue weighted by atomic mass is 10.1. The largest absolute Gasteiger partial charge is 0.485 e. The lowest BCUT2D eigenvalue weighted by Crippen LogP contribution is -2.16. The van der Waals surface area contributed by atoms with E-state index >= 15 is 0 Å². The fourth-order valence-electron chi connectivity index (χ4n) is 2.75. The van der Waals surface area contributed by atoms with E-state index in [1.807, 2.05) is 85.9 Å². The summed E-state index contributed by atoms with van der Waals surface area (Å²) in [5.41, 5.74) is 2.96. The highest BCUT2D eigenvalue weighted by atomic mass is 35.5. The van der Waals surface area contributed by atoms with E-state index in [9.17, 15) is 5.11 Å². The Labute approximate surface area is 172 Å². The average molecular weight is 400 g/mol. The highest BCUT2D eigenvalue weighted by Crippen LogP contribution is 2.32. The standard InChI is InChI=1S/C23H25NO3.ClH/c1-24-15-21(25)20-12-13-22(26-16-18-8-4-2-5-9-18)23(14-20)27-17-19-10-6-3-7-11-19;/h2-14,21,24-25H,15-17H2,1H3;1H/t21-;/m0./s1. The van der Waals surface area contributed by atoms with Gasteiger partial charge in [0.25, 0.3) is 0 Å². The molecule has 0 radical (unpaired) electrons. The zero-order chi connectivity index (χ0) is 18.9. The van der Waals surface area contributed by atoms with Gasteiger partial charge in [0.15, 0.2) is 11.5 Å². The molecule has 4 nitrogen and oxygen atoms in total. The Balaban J connectivity index is 0.00000280. The number of aliphatic hydroxyl groups excluding tert-OH is 1. The van der Waals surface area contributed by atoms with Crippen LogP contribution in [0, 0.1) is 0 Å². The number of nitrogens with one attached hydrogen (secondary N) is 1. The van der Waals surface area contributed by atoms with Gasteiger partial charge in [0, 0.05) is 6.54 Å². The van der Waals surface area contributed by atoms with Crippen LogP contribution in [-0.2, 0) is 13.2 Å². The van der Waals surface area contributed by atoms with Gasteiger partial charge in [-0.25, -0.2) is 0 Å². The lowest BCUT2D eigenvalue weighted by Gasteiger charge is -2.17. The Morgan fingerprint density at radius 1 is 0.786 bits per heavy atom. The molecular formula is C23H26ClNO3. The van der Waals surface area contributed by atoms with Crippen molar-refractivity contribution >= 4 is 12.4 Å². The smallest absolute Gasteiger partial charge is 0.162 e. The minimum Gasteiger partial charge on any atom is -0.485 e. The molecule has 0 amide bonds. The van der Waals surface area contributed by atoms with E-state index in [2.05, 4.69) is 5.32 Å². The molecule has 0 aromatic heterocycles. The molecule has 0 unspecified atom stereocenters. The summed E-state index contributed by atoms with van der Waals surface area (Å²) in [4.78, 5) is 0. The van der Waals surface area contributed by atoms with Gasteiger partial charge in [-0.1, -0.05) is 66.7 Å². The summed E-state index contributed by atoms with van der Waals surface area (Å²) in [7, 11) is 1.81. The van der Waals surface area contributed by atoms with E-state index in [1.165, 1.54) is 0 Å². The molecule has 148 valence electrons. The summed E-state index contributed by atoms with van der Waals surface area (Å²) in [6, 6.07) is 25.6. The number of hydrogen-bond acceptors (Lipinski definition) is 4. The maximum atomic E-state index is 10.3. The molecule has 2 N–H and O–H groups in total. The summed E-state index contributed by atoms with van der Waals surface area (Å²) in [6.45, 7) is 1.37. The van der Waals surface area contributed by atoms with Crippen molar-refractivity contribution in [2.45, 2.75) is 19.3 Å². The summed E-state index contributed by atoms with van der Waals surface area (Å²) in [5, 5.41) is 13.3. The minimum atomic E-state index is -0.600. The molecule has 0 saturated carbocycles. The third-order valence-electron chi connectivity index (χ3n) is 4.22. The summed E-state index contributed by atoms with van der Waals surface area (Å²) in [5.74, 6) is 1.29. The molecule has 0 heterocycles. The number of ether oxygens (including phenoxy) is 2. The Hall–Kier alpha value is -2.53. The first kappa shape index (κ1) is 21.8. The van der Waals surface area contributed by atoms with Crippen LogP contribution in [0.2, 0.25) is 0 Å². The maximum Gasteiger partial charge on any atom is 0.162 e. The Morgan fingerprint density at radius 2 is 1.32 bits per heavy atom. The van der Waals surface area contributed by atoms with Crippen LogP contribution in [0.1, 0.15) is 22.8 Å². The Kier molecular flexibility index (Phi) is 8.82. The van der Waals surface area contributed by atoms with Crippen molar-refractivity contribution in [2.24, 2.45) is 0 Å². The predicted octanol–water partition coefficient (Wildman–Crippen LogP) is 4.52. The third kappa shape index (κ3) is 6.27. The molecule has 3 rings (SSSR count). The van der Waals surface area contributed by atoms with Crippen molar-refractivity contribution in [2.75, 3.05) is 13.6 Å². The number of halogens is 1. The van der Waals surface area contributed by atoms with Gasteiger partial charge in [-0.3, -0.25) is 0 Å². The Bertz CT molecular complexity index is 828. The van der Waals surface area contributed by atoms with Crippen LogP contribution in [-0.4, -0.2) is 18.7 Å². The summed E-state index contributed by atoms with van der Waals surface area (Å²) in [6.07, 6.45) is -0.600. The highest BCUT2D eigenvalue weighted by Gasteiger charge is 2.13. The van der Waals surface area contributed by atoms with Gasteiger partial charge >= 0.3 is 0 Å². The first-order chi connectivity index (χ1) is 13.3. The second-order valence-corrected chi connectivity index (χ2v) is 6.33. The fourth-order valence-corrected chi connectivity index (χ4v) is 2.75. The number of hydrogen-bond donors (Lipinski definition) is 2. The zero-order valence-corrected chi connectivity index (χ0v) is 16.7. The molecule has 3 aromatic carbocycles.